The molecular formula is C8H17F3N2. The molecule has 0 aromatic heterocycles. The molecule has 0 aromatic rings. The van der Waals surface area contributed by atoms with E-state index in [0.717, 1.165) is 0 Å². The van der Waals surface area contributed by atoms with Gasteiger partial charge in [0.1, 0.15) is 0 Å². The second kappa shape index (κ2) is 4.28. The van der Waals surface area contributed by atoms with Crippen molar-refractivity contribution >= 4 is 0 Å². The van der Waals surface area contributed by atoms with Crippen LogP contribution < -0.4 is 5.73 Å². The first-order chi connectivity index (χ1) is 5.69. The summed E-state index contributed by atoms with van der Waals surface area (Å²) in [4.78, 5) is 1.63. The Bertz CT molecular complexity index is 154. The Balaban J connectivity index is 3.95. The van der Waals surface area contributed by atoms with E-state index in [1.807, 2.05) is 13.8 Å². The SMILES string of the molecule is CN(CCC(F)(F)F)C(C)(C)CN. The molecule has 0 unspecified atom stereocenters. The van der Waals surface area contributed by atoms with Crippen molar-refractivity contribution in [3.8, 4) is 0 Å². The molecule has 0 amide bonds. The highest BCUT2D eigenvalue weighted by atomic mass is 19.4. The van der Waals surface area contributed by atoms with Gasteiger partial charge in [0, 0.05) is 18.6 Å². The zero-order valence-electron chi connectivity index (χ0n) is 8.28. The number of rotatable bonds is 4. The summed E-state index contributed by atoms with van der Waals surface area (Å²) in [6, 6.07) is 0. The third-order valence-corrected chi connectivity index (χ3v) is 2.26. The van der Waals surface area contributed by atoms with Gasteiger partial charge in [0.15, 0.2) is 0 Å². The summed E-state index contributed by atoms with van der Waals surface area (Å²) < 4.78 is 35.6. The fourth-order valence-electron chi connectivity index (χ4n) is 0.753. The molecule has 0 aliphatic rings. The van der Waals surface area contributed by atoms with Crippen LogP contribution in [0.25, 0.3) is 0 Å². The van der Waals surface area contributed by atoms with Crippen molar-refractivity contribution in [1.29, 1.82) is 0 Å². The number of hydrogen-bond acceptors (Lipinski definition) is 2. The molecular weight excluding hydrogens is 181 g/mol. The number of hydrogen-bond donors (Lipinski definition) is 1. The predicted octanol–water partition coefficient (Wildman–Crippen LogP) is 1.61. The monoisotopic (exact) mass is 198 g/mol. The first-order valence-electron chi connectivity index (χ1n) is 4.17. The molecule has 0 bridgehead atoms. The van der Waals surface area contributed by atoms with E-state index in [1.165, 1.54) is 0 Å². The highest BCUT2D eigenvalue weighted by molar-refractivity contribution is 4.80. The van der Waals surface area contributed by atoms with E-state index in [0.29, 0.717) is 6.54 Å². The quantitative estimate of drug-likeness (QED) is 0.743. The van der Waals surface area contributed by atoms with Gasteiger partial charge in [0.05, 0.1) is 6.42 Å². The summed E-state index contributed by atoms with van der Waals surface area (Å²) in [6.07, 6.45) is -4.87. The van der Waals surface area contributed by atoms with Gasteiger partial charge in [-0.25, -0.2) is 0 Å². The summed E-state index contributed by atoms with van der Waals surface area (Å²) in [7, 11) is 1.65. The maximum atomic E-state index is 11.9. The summed E-state index contributed by atoms with van der Waals surface area (Å²) in [5.74, 6) is 0. The fourth-order valence-corrected chi connectivity index (χ4v) is 0.753. The van der Waals surface area contributed by atoms with Crippen molar-refractivity contribution in [2.75, 3.05) is 20.1 Å². The molecule has 0 rings (SSSR count). The van der Waals surface area contributed by atoms with Gasteiger partial charge >= 0.3 is 6.18 Å². The van der Waals surface area contributed by atoms with E-state index in [4.69, 9.17) is 5.73 Å². The molecule has 0 aliphatic carbocycles. The van der Waals surface area contributed by atoms with Gasteiger partial charge in [-0.05, 0) is 20.9 Å². The number of nitrogens with two attached hydrogens (primary N) is 1. The van der Waals surface area contributed by atoms with Crippen LogP contribution in [0, 0.1) is 0 Å². The van der Waals surface area contributed by atoms with Gasteiger partial charge in [-0.1, -0.05) is 0 Å². The largest absolute Gasteiger partial charge is 0.390 e. The first-order valence-corrected chi connectivity index (χ1v) is 4.17. The lowest BCUT2D eigenvalue weighted by molar-refractivity contribution is -0.139. The highest BCUT2D eigenvalue weighted by Crippen LogP contribution is 2.21. The normalized spacial score (nSPS) is 13.8. The van der Waals surface area contributed by atoms with E-state index in [2.05, 4.69) is 0 Å². The lowest BCUT2D eigenvalue weighted by Gasteiger charge is -2.34. The van der Waals surface area contributed by atoms with Crippen LogP contribution in [0.4, 0.5) is 13.2 Å². The van der Waals surface area contributed by atoms with Crippen LogP contribution in [0.15, 0.2) is 0 Å². The maximum Gasteiger partial charge on any atom is 0.390 e. The summed E-state index contributed by atoms with van der Waals surface area (Å²) in [5, 5.41) is 0. The Morgan fingerprint density at radius 3 is 2.00 bits per heavy atom. The maximum absolute atomic E-state index is 11.9. The van der Waals surface area contributed by atoms with Gasteiger partial charge in [-0.3, -0.25) is 4.90 Å². The Morgan fingerprint density at radius 1 is 1.23 bits per heavy atom. The molecule has 80 valence electrons. The van der Waals surface area contributed by atoms with Crippen molar-refractivity contribution < 1.29 is 13.2 Å². The third-order valence-electron chi connectivity index (χ3n) is 2.26. The highest BCUT2D eigenvalue weighted by Gasteiger charge is 2.30. The average molecular weight is 198 g/mol. The van der Waals surface area contributed by atoms with Gasteiger partial charge in [0.25, 0.3) is 0 Å². The zero-order chi connectivity index (χ0) is 10.7. The molecule has 0 fully saturated rings. The van der Waals surface area contributed by atoms with Crippen molar-refractivity contribution in [2.45, 2.75) is 32.0 Å². The molecule has 0 spiro atoms. The minimum Gasteiger partial charge on any atom is -0.329 e. The van der Waals surface area contributed by atoms with E-state index >= 15 is 0 Å². The fraction of sp³-hybridized carbons (Fsp3) is 1.00. The van der Waals surface area contributed by atoms with E-state index < -0.39 is 12.6 Å². The number of halogens is 3. The van der Waals surface area contributed by atoms with Crippen molar-refractivity contribution in [3.05, 3.63) is 0 Å². The van der Waals surface area contributed by atoms with Crippen LogP contribution in [0.2, 0.25) is 0 Å². The summed E-state index contributed by atoms with van der Waals surface area (Å²) >= 11 is 0. The van der Waals surface area contributed by atoms with Crippen LogP contribution in [-0.2, 0) is 0 Å². The minimum absolute atomic E-state index is 0.00625. The molecule has 5 heteroatoms. The number of nitrogens with zero attached hydrogens (tertiary/aromatic N) is 1. The zero-order valence-corrected chi connectivity index (χ0v) is 8.28. The van der Waals surface area contributed by atoms with Gasteiger partial charge in [0.2, 0.25) is 0 Å². The average Bonchev–Trinajstić information content (AvgIpc) is 1.98. The molecule has 2 nitrogen and oxygen atoms in total. The third kappa shape index (κ3) is 5.10. The second-order valence-electron chi connectivity index (χ2n) is 3.80. The molecule has 0 saturated heterocycles. The number of likely N-dealkylation sites (N-methyl/N-ethyl adjacent to an activating group) is 1. The minimum atomic E-state index is -4.08. The Labute approximate surface area is 76.9 Å². The molecule has 13 heavy (non-hydrogen) atoms. The molecule has 0 aromatic carbocycles. The first kappa shape index (κ1) is 12.7. The lowest BCUT2D eigenvalue weighted by Crippen LogP contribution is -2.48. The molecule has 2 N–H and O–H groups in total. The van der Waals surface area contributed by atoms with Crippen LogP contribution in [0.3, 0.4) is 0 Å². The lowest BCUT2D eigenvalue weighted by atomic mass is 10.0. The van der Waals surface area contributed by atoms with Crippen molar-refractivity contribution in [2.24, 2.45) is 5.73 Å². The standard InChI is InChI=1S/C8H17F3N2/c1-7(2,6-12)13(3)5-4-8(9,10)11/h4-6,12H2,1-3H3. The second-order valence-corrected chi connectivity index (χ2v) is 3.80. The molecule has 0 saturated carbocycles. The van der Waals surface area contributed by atoms with Crippen LogP contribution >= 0.6 is 0 Å². The van der Waals surface area contributed by atoms with Crippen molar-refractivity contribution in [1.82, 2.24) is 4.90 Å². The van der Waals surface area contributed by atoms with Crippen LogP contribution in [0.1, 0.15) is 20.3 Å². The van der Waals surface area contributed by atoms with E-state index in [-0.39, 0.29) is 12.1 Å². The van der Waals surface area contributed by atoms with Crippen LogP contribution in [-0.4, -0.2) is 36.8 Å². The van der Waals surface area contributed by atoms with Crippen molar-refractivity contribution in [3.63, 3.8) is 0 Å². The van der Waals surface area contributed by atoms with E-state index in [9.17, 15) is 13.2 Å². The summed E-state index contributed by atoms with van der Waals surface area (Å²) in [6.45, 7) is 3.99. The smallest absolute Gasteiger partial charge is 0.329 e. The Morgan fingerprint density at radius 2 is 1.69 bits per heavy atom. The van der Waals surface area contributed by atoms with Gasteiger partial charge in [-0.15, -0.1) is 0 Å². The molecule has 0 aliphatic heterocycles. The predicted molar refractivity (Wildman–Crippen MR) is 46.4 cm³/mol. The van der Waals surface area contributed by atoms with Gasteiger partial charge in [-0.2, -0.15) is 13.2 Å². The molecule has 0 heterocycles. The molecule has 0 atom stereocenters. The van der Waals surface area contributed by atoms with E-state index in [1.54, 1.807) is 11.9 Å². The van der Waals surface area contributed by atoms with Gasteiger partial charge < -0.3 is 5.73 Å². The summed E-state index contributed by atoms with van der Waals surface area (Å²) in [5.41, 5.74) is 5.05. The van der Waals surface area contributed by atoms with Crippen LogP contribution in [0.5, 0.6) is 0 Å². The number of alkyl halides is 3. The molecule has 0 radical (unpaired) electrons. The Kier molecular flexibility index (Phi) is 4.19. The Hall–Kier alpha value is -0.290. The topological polar surface area (TPSA) is 29.3 Å².